The van der Waals surface area contributed by atoms with Gasteiger partial charge in [-0.25, -0.2) is 9.18 Å². The third kappa shape index (κ3) is 4.70. The molecule has 0 spiro atoms. The Morgan fingerprint density at radius 1 is 1.40 bits per heavy atom. The summed E-state index contributed by atoms with van der Waals surface area (Å²) >= 11 is 5.58. The molecule has 1 unspecified atom stereocenters. The Bertz CT molecular complexity index is 508. The van der Waals surface area contributed by atoms with Crippen molar-refractivity contribution in [2.45, 2.75) is 13.8 Å². The molecule has 3 N–H and O–H groups in total. The minimum absolute atomic E-state index is 0.00770. The Balaban J connectivity index is 2.55. The maximum Gasteiger partial charge on any atom is 0.319 e. The van der Waals surface area contributed by atoms with Gasteiger partial charge in [0.05, 0.1) is 10.9 Å². The number of anilines is 1. The van der Waals surface area contributed by atoms with Gasteiger partial charge in [0, 0.05) is 12.2 Å². The Labute approximate surface area is 121 Å². The summed E-state index contributed by atoms with van der Waals surface area (Å²) in [6, 6.07) is 3.19. The number of nitrogens with one attached hydrogen (secondary N) is 2. The molecule has 0 aliphatic rings. The molecule has 2 amide bonds. The van der Waals surface area contributed by atoms with Crippen molar-refractivity contribution in [3.63, 3.8) is 0 Å². The van der Waals surface area contributed by atoms with Crippen LogP contribution < -0.4 is 10.6 Å². The molecule has 0 heterocycles. The van der Waals surface area contributed by atoms with Crippen LogP contribution in [-0.2, 0) is 4.79 Å². The van der Waals surface area contributed by atoms with Gasteiger partial charge in [-0.3, -0.25) is 4.79 Å². The molecule has 0 saturated heterocycles. The molecule has 0 aliphatic carbocycles. The Kier molecular flexibility index (Phi) is 5.76. The molecule has 20 heavy (non-hydrogen) atoms. The average molecular weight is 303 g/mol. The number of carboxylic acids is 1. The summed E-state index contributed by atoms with van der Waals surface area (Å²) in [5, 5.41) is 13.8. The number of carbonyl (C=O) groups excluding carboxylic acids is 1. The number of hydrogen-bond donors (Lipinski definition) is 3. The summed E-state index contributed by atoms with van der Waals surface area (Å²) in [6.07, 6.45) is 0. The molecule has 1 aromatic rings. The number of halogens is 2. The third-order valence-electron chi connectivity index (χ3n) is 2.78. The molecule has 1 rings (SSSR count). The number of carboxylic acid groups (broad SMARTS) is 1. The van der Waals surface area contributed by atoms with E-state index in [1.165, 1.54) is 12.1 Å². The van der Waals surface area contributed by atoms with Gasteiger partial charge in [0.1, 0.15) is 5.82 Å². The van der Waals surface area contributed by atoms with Crippen molar-refractivity contribution >= 4 is 29.3 Å². The standard InChI is InChI=1S/C13H16ClFN2O3/c1-7(2)9(12(18)19)6-16-13(20)17-8-3-4-11(15)10(14)5-8/h3-5,7,9H,6H2,1-2H3,(H,18,19)(H2,16,17,20). The van der Waals surface area contributed by atoms with Crippen LogP contribution in [0.2, 0.25) is 5.02 Å². The van der Waals surface area contributed by atoms with E-state index >= 15 is 0 Å². The number of rotatable bonds is 5. The molecular formula is C13H16ClFN2O3. The lowest BCUT2D eigenvalue weighted by Gasteiger charge is -2.17. The number of aliphatic carboxylic acids is 1. The zero-order valence-corrected chi connectivity index (χ0v) is 11.9. The predicted octanol–water partition coefficient (Wildman–Crippen LogP) is 2.96. The second-order valence-corrected chi connectivity index (χ2v) is 5.06. The number of carbonyl (C=O) groups is 2. The van der Waals surface area contributed by atoms with Crippen LogP contribution >= 0.6 is 11.6 Å². The fourth-order valence-electron chi connectivity index (χ4n) is 1.56. The van der Waals surface area contributed by atoms with Gasteiger partial charge in [-0.05, 0) is 24.1 Å². The lowest BCUT2D eigenvalue weighted by molar-refractivity contribution is -0.142. The van der Waals surface area contributed by atoms with E-state index in [1.807, 2.05) is 0 Å². The molecule has 5 nitrogen and oxygen atoms in total. The minimum atomic E-state index is -0.967. The van der Waals surface area contributed by atoms with E-state index < -0.39 is 23.7 Å². The van der Waals surface area contributed by atoms with Crippen LogP contribution in [0.4, 0.5) is 14.9 Å². The zero-order valence-electron chi connectivity index (χ0n) is 11.1. The van der Waals surface area contributed by atoms with Gasteiger partial charge in [0.15, 0.2) is 0 Å². The van der Waals surface area contributed by atoms with Crippen LogP contribution in [0.15, 0.2) is 18.2 Å². The van der Waals surface area contributed by atoms with Crippen molar-refractivity contribution in [1.29, 1.82) is 0 Å². The number of benzene rings is 1. The molecule has 0 aliphatic heterocycles. The number of urea groups is 1. The summed E-state index contributed by atoms with van der Waals surface area (Å²) in [6.45, 7) is 3.53. The van der Waals surface area contributed by atoms with Crippen molar-refractivity contribution in [2.24, 2.45) is 11.8 Å². The summed E-state index contributed by atoms with van der Waals surface area (Å²) in [4.78, 5) is 22.6. The third-order valence-corrected chi connectivity index (χ3v) is 3.07. The Morgan fingerprint density at radius 2 is 2.05 bits per heavy atom. The van der Waals surface area contributed by atoms with Gasteiger partial charge in [0.25, 0.3) is 0 Å². The second-order valence-electron chi connectivity index (χ2n) is 4.65. The van der Waals surface area contributed by atoms with E-state index in [2.05, 4.69) is 10.6 Å². The largest absolute Gasteiger partial charge is 0.481 e. The normalized spacial score (nSPS) is 12.1. The summed E-state index contributed by atoms with van der Waals surface area (Å²) in [5.41, 5.74) is 0.324. The molecule has 0 bridgehead atoms. The molecule has 0 aromatic heterocycles. The first-order chi connectivity index (χ1) is 9.31. The quantitative estimate of drug-likeness (QED) is 0.782. The predicted molar refractivity (Wildman–Crippen MR) is 74.4 cm³/mol. The first-order valence-electron chi connectivity index (χ1n) is 6.04. The molecular weight excluding hydrogens is 287 g/mol. The van der Waals surface area contributed by atoms with Gasteiger partial charge < -0.3 is 15.7 Å². The molecule has 0 fully saturated rings. The van der Waals surface area contributed by atoms with Crippen LogP contribution in [0, 0.1) is 17.7 Å². The summed E-state index contributed by atoms with van der Waals surface area (Å²) in [7, 11) is 0. The molecule has 7 heteroatoms. The topological polar surface area (TPSA) is 78.4 Å². The van der Waals surface area contributed by atoms with E-state index in [0.29, 0.717) is 5.69 Å². The Hall–Kier alpha value is -1.82. The SMILES string of the molecule is CC(C)C(CNC(=O)Nc1ccc(F)c(Cl)c1)C(=O)O. The zero-order chi connectivity index (χ0) is 15.3. The highest BCUT2D eigenvalue weighted by Gasteiger charge is 2.21. The van der Waals surface area contributed by atoms with Crippen LogP contribution in [-0.4, -0.2) is 23.7 Å². The van der Waals surface area contributed by atoms with Gasteiger partial charge in [-0.2, -0.15) is 0 Å². The average Bonchev–Trinajstić information content (AvgIpc) is 2.33. The first-order valence-corrected chi connectivity index (χ1v) is 6.41. The summed E-state index contributed by atoms with van der Waals surface area (Å²) in [5.74, 6) is -2.32. The molecule has 110 valence electrons. The van der Waals surface area contributed by atoms with E-state index in [1.54, 1.807) is 13.8 Å². The van der Waals surface area contributed by atoms with Crippen LogP contribution in [0.3, 0.4) is 0 Å². The fraction of sp³-hybridized carbons (Fsp3) is 0.385. The van der Waals surface area contributed by atoms with Crippen molar-refractivity contribution in [2.75, 3.05) is 11.9 Å². The molecule has 0 saturated carbocycles. The first kappa shape index (κ1) is 16.2. The van der Waals surface area contributed by atoms with E-state index in [0.717, 1.165) is 6.07 Å². The maximum absolute atomic E-state index is 12.9. The maximum atomic E-state index is 12.9. The van der Waals surface area contributed by atoms with E-state index in [9.17, 15) is 14.0 Å². The lowest BCUT2D eigenvalue weighted by atomic mass is 9.96. The highest BCUT2D eigenvalue weighted by molar-refractivity contribution is 6.31. The van der Waals surface area contributed by atoms with E-state index in [4.69, 9.17) is 16.7 Å². The van der Waals surface area contributed by atoms with Gasteiger partial charge in [-0.1, -0.05) is 25.4 Å². The van der Waals surface area contributed by atoms with Crippen LogP contribution in [0.1, 0.15) is 13.8 Å². The number of amides is 2. The van der Waals surface area contributed by atoms with Crippen molar-refractivity contribution in [1.82, 2.24) is 5.32 Å². The highest BCUT2D eigenvalue weighted by Crippen LogP contribution is 2.19. The molecule has 1 atom stereocenters. The molecule has 0 radical (unpaired) electrons. The second kappa shape index (κ2) is 7.09. The van der Waals surface area contributed by atoms with Gasteiger partial charge in [0.2, 0.25) is 0 Å². The van der Waals surface area contributed by atoms with Gasteiger partial charge >= 0.3 is 12.0 Å². The van der Waals surface area contributed by atoms with Crippen LogP contribution in [0.25, 0.3) is 0 Å². The van der Waals surface area contributed by atoms with Crippen molar-refractivity contribution in [3.05, 3.63) is 29.0 Å². The lowest BCUT2D eigenvalue weighted by Crippen LogP contribution is -2.37. The van der Waals surface area contributed by atoms with E-state index in [-0.39, 0.29) is 17.5 Å². The van der Waals surface area contributed by atoms with Crippen LogP contribution in [0.5, 0.6) is 0 Å². The smallest absolute Gasteiger partial charge is 0.319 e. The summed E-state index contributed by atoms with van der Waals surface area (Å²) < 4.78 is 12.9. The highest BCUT2D eigenvalue weighted by atomic mass is 35.5. The molecule has 1 aromatic carbocycles. The monoisotopic (exact) mass is 302 g/mol. The number of hydrogen-bond acceptors (Lipinski definition) is 2. The minimum Gasteiger partial charge on any atom is -0.481 e. The van der Waals surface area contributed by atoms with Crippen molar-refractivity contribution < 1.29 is 19.1 Å². The van der Waals surface area contributed by atoms with Gasteiger partial charge in [-0.15, -0.1) is 0 Å². The van der Waals surface area contributed by atoms with Crippen molar-refractivity contribution in [3.8, 4) is 0 Å². The fourth-order valence-corrected chi connectivity index (χ4v) is 1.74. The Morgan fingerprint density at radius 3 is 2.55 bits per heavy atom.